The first-order chi connectivity index (χ1) is 14.6. The summed E-state index contributed by atoms with van der Waals surface area (Å²) in [6.45, 7) is 0.778. The molecule has 1 amide bonds. The zero-order chi connectivity index (χ0) is 23.1. The van der Waals surface area contributed by atoms with Gasteiger partial charge in [0.2, 0.25) is 6.61 Å². The Hall–Kier alpha value is -3.46. The molecule has 0 spiro atoms. The number of carbonyl (C=O) groups is 4. The number of thioether (sulfide) groups is 1. The van der Waals surface area contributed by atoms with Gasteiger partial charge in [0, 0.05) is 11.1 Å². The zero-order valence-electron chi connectivity index (χ0n) is 15.8. The Kier molecular flexibility index (Phi) is 8.09. The maximum atomic E-state index is 12.7. The van der Waals surface area contributed by atoms with Gasteiger partial charge in [-0.1, -0.05) is 11.2 Å². The first kappa shape index (κ1) is 23.8. The van der Waals surface area contributed by atoms with Crippen molar-refractivity contribution in [2.24, 2.45) is 10.1 Å². The summed E-state index contributed by atoms with van der Waals surface area (Å²) in [5, 5.41) is 33.5. The number of carbonyl (C=O) groups excluding carboxylic acids is 1. The quantitative estimate of drug-likeness (QED) is 0.232. The van der Waals surface area contributed by atoms with E-state index in [1.54, 1.807) is 13.0 Å². The second-order valence-corrected chi connectivity index (χ2v) is 7.76. The molecule has 31 heavy (non-hydrogen) atoms. The Morgan fingerprint density at radius 2 is 2.10 bits per heavy atom. The molecule has 0 saturated carbocycles. The van der Waals surface area contributed by atoms with Crippen molar-refractivity contribution >= 4 is 63.5 Å². The van der Waals surface area contributed by atoms with E-state index in [2.05, 4.69) is 25.3 Å². The molecule has 0 bridgehead atoms. The minimum Gasteiger partial charge on any atom is -0.480 e. The lowest BCUT2D eigenvalue weighted by atomic mass is 10.1. The Morgan fingerprint density at radius 3 is 2.61 bits per heavy atom. The molecule has 166 valence electrons. The monoisotopic (exact) mass is 471 g/mol. The summed E-state index contributed by atoms with van der Waals surface area (Å²) in [7, 11) is 0. The van der Waals surface area contributed by atoms with Crippen LogP contribution in [0, 0.1) is 0 Å². The van der Waals surface area contributed by atoms with Gasteiger partial charge in [0.15, 0.2) is 16.9 Å². The van der Waals surface area contributed by atoms with Gasteiger partial charge in [0.05, 0.1) is 0 Å². The maximum Gasteiger partial charge on any atom is 0.354 e. The van der Waals surface area contributed by atoms with E-state index in [9.17, 15) is 29.4 Å². The SMILES string of the molecule is C/C=C1\CS[C@H]([C@@H](NC(=O)/C(=N\OCC(=O)O)c2csc(N)n2)C(=O)O)N=C1C(=O)O. The third-order valence-corrected chi connectivity index (χ3v) is 5.55. The van der Waals surface area contributed by atoms with Crippen LogP contribution in [0.25, 0.3) is 0 Å². The van der Waals surface area contributed by atoms with E-state index >= 15 is 0 Å². The number of aliphatic carboxylic acids is 3. The highest BCUT2D eigenvalue weighted by molar-refractivity contribution is 8.00. The number of thiazole rings is 1. The van der Waals surface area contributed by atoms with Crippen molar-refractivity contribution in [2.45, 2.75) is 18.3 Å². The fraction of sp³-hybridized carbons (Fsp3) is 0.312. The molecule has 0 aliphatic carbocycles. The van der Waals surface area contributed by atoms with Gasteiger partial charge in [-0.05, 0) is 12.5 Å². The van der Waals surface area contributed by atoms with E-state index in [1.165, 1.54) is 5.38 Å². The number of amides is 1. The van der Waals surface area contributed by atoms with Gasteiger partial charge < -0.3 is 31.2 Å². The van der Waals surface area contributed by atoms with E-state index in [0.717, 1.165) is 23.1 Å². The highest BCUT2D eigenvalue weighted by Gasteiger charge is 2.36. The maximum absolute atomic E-state index is 12.7. The lowest BCUT2D eigenvalue weighted by Crippen LogP contribution is -2.50. The minimum atomic E-state index is -1.62. The molecule has 0 saturated heterocycles. The van der Waals surface area contributed by atoms with Crippen LogP contribution in [0.1, 0.15) is 12.6 Å². The Morgan fingerprint density at radius 1 is 1.39 bits per heavy atom. The van der Waals surface area contributed by atoms with Crippen LogP contribution in [0.2, 0.25) is 0 Å². The number of oxime groups is 1. The number of carboxylic acid groups (broad SMARTS) is 3. The third-order valence-electron chi connectivity index (χ3n) is 3.68. The van der Waals surface area contributed by atoms with E-state index in [4.69, 9.17) is 10.8 Å². The normalized spacial score (nSPS) is 18.7. The van der Waals surface area contributed by atoms with Crippen molar-refractivity contribution in [2.75, 3.05) is 18.1 Å². The number of aromatic nitrogens is 1. The second kappa shape index (κ2) is 10.5. The number of nitrogen functional groups attached to an aromatic ring is 1. The van der Waals surface area contributed by atoms with Gasteiger partial charge in [0.1, 0.15) is 16.8 Å². The largest absolute Gasteiger partial charge is 0.480 e. The van der Waals surface area contributed by atoms with Crippen molar-refractivity contribution in [1.82, 2.24) is 10.3 Å². The summed E-state index contributed by atoms with van der Waals surface area (Å²) in [6.07, 6.45) is 1.56. The smallest absolute Gasteiger partial charge is 0.354 e. The predicted octanol–water partition coefficient (Wildman–Crippen LogP) is -0.355. The molecule has 1 aromatic rings. The second-order valence-electron chi connectivity index (χ2n) is 5.77. The van der Waals surface area contributed by atoms with E-state index in [-0.39, 0.29) is 22.3 Å². The summed E-state index contributed by atoms with van der Waals surface area (Å²) >= 11 is 2.00. The van der Waals surface area contributed by atoms with Crippen molar-refractivity contribution < 1.29 is 39.3 Å². The zero-order valence-corrected chi connectivity index (χ0v) is 17.5. The number of nitrogens with two attached hydrogens (primary N) is 1. The van der Waals surface area contributed by atoms with Crippen molar-refractivity contribution in [3.05, 3.63) is 22.7 Å². The van der Waals surface area contributed by atoms with Crippen LogP contribution in [0.5, 0.6) is 0 Å². The first-order valence-electron chi connectivity index (χ1n) is 8.39. The molecule has 0 unspecified atom stereocenters. The molecule has 2 heterocycles. The lowest BCUT2D eigenvalue weighted by Gasteiger charge is -2.26. The number of carboxylic acids is 3. The molecule has 15 heteroatoms. The molecule has 13 nitrogen and oxygen atoms in total. The van der Waals surface area contributed by atoms with Crippen LogP contribution in [-0.4, -0.2) is 79.3 Å². The van der Waals surface area contributed by atoms with Crippen LogP contribution in [0.3, 0.4) is 0 Å². The van der Waals surface area contributed by atoms with E-state index in [0.29, 0.717) is 5.57 Å². The molecule has 0 radical (unpaired) electrons. The average Bonchev–Trinajstić information content (AvgIpc) is 3.14. The van der Waals surface area contributed by atoms with Gasteiger partial charge in [-0.25, -0.2) is 19.4 Å². The van der Waals surface area contributed by atoms with Gasteiger partial charge >= 0.3 is 17.9 Å². The predicted molar refractivity (Wildman–Crippen MR) is 111 cm³/mol. The number of hydrogen-bond acceptors (Lipinski definition) is 11. The van der Waals surface area contributed by atoms with Crippen LogP contribution in [0.15, 0.2) is 27.2 Å². The molecule has 2 atom stereocenters. The van der Waals surface area contributed by atoms with Gasteiger partial charge in [-0.3, -0.25) is 9.79 Å². The Balaban J connectivity index is 2.32. The lowest BCUT2D eigenvalue weighted by molar-refractivity contribution is -0.142. The van der Waals surface area contributed by atoms with Crippen LogP contribution in [0.4, 0.5) is 5.13 Å². The molecule has 1 aliphatic rings. The summed E-state index contributed by atoms with van der Waals surface area (Å²) in [4.78, 5) is 59.0. The van der Waals surface area contributed by atoms with Gasteiger partial charge in [-0.2, -0.15) is 0 Å². The highest BCUT2D eigenvalue weighted by atomic mass is 32.2. The molecular weight excluding hydrogens is 454 g/mol. The molecule has 6 N–H and O–H groups in total. The molecule has 2 rings (SSSR count). The third kappa shape index (κ3) is 6.26. The van der Waals surface area contributed by atoms with Crippen LogP contribution >= 0.6 is 23.1 Å². The fourth-order valence-electron chi connectivity index (χ4n) is 2.29. The highest BCUT2D eigenvalue weighted by Crippen LogP contribution is 2.26. The molecule has 1 aromatic heterocycles. The van der Waals surface area contributed by atoms with Crippen LogP contribution in [-0.2, 0) is 24.0 Å². The van der Waals surface area contributed by atoms with Crippen molar-refractivity contribution in [1.29, 1.82) is 0 Å². The Bertz CT molecular complexity index is 986. The topological polar surface area (TPSA) is 214 Å². The number of hydrogen-bond donors (Lipinski definition) is 5. The standard InChI is InChI=1S/C16H17N5O8S2/c1-2-6-4-30-13(20-9(6)14(25)26)11(15(27)28)19-12(24)10(21-29-3-8(22)23)7-5-31-16(17)18-7/h2,5,11,13H,3-4H2,1H3,(H2,17,18)(H,19,24)(H,22,23)(H,25,26)(H,27,28)/b6-2+,21-10-/t11-,13-/m1/s1. The number of nitrogens with one attached hydrogen (secondary N) is 1. The van der Waals surface area contributed by atoms with E-state index < -0.39 is 47.5 Å². The van der Waals surface area contributed by atoms with Crippen molar-refractivity contribution in [3.8, 4) is 0 Å². The minimum absolute atomic E-state index is 0.0586. The first-order valence-corrected chi connectivity index (χ1v) is 10.3. The molecular formula is C16H17N5O8S2. The molecule has 0 aromatic carbocycles. The number of rotatable bonds is 9. The average molecular weight is 471 g/mol. The summed E-state index contributed by atoms with van der Waals surface area (Å²) in [5.74, 6) is -5.01. The summed E-state index contributed by atoms with van der Waals surface area (Å²) in [6, 6.07) is -1.62. The number of allylic oxidation sites excluding steroid dienone is 1. The fourth-order valence-corrected chi connectivity index (χ4v) is 4.05. The summed E-state index contributed by atoms with van der Waals surface area (Å²) < 4.78 is 0. The number of aliphatic imine (C=N–C) groups is 1. The van der Waals surface area contributed by atoms with Gasteiger partial charge in [-0.15, -0.1) is 23.1 Å². The summed E-state index contributed by atoms with van der Waals surface area (Å²) in [5.41, 5.74) is 5.11. The van der Waals surface area contributed by atoms with Crippen molar-refractivity contribution in [3.63, 3.8) is 0 Å². The van der Waals surface area contributed by atoms with Gasteiger partial charge in [0.25, 0.3) is 5.91 Å². The Labute approximate surface area is 182 Å². The number of nitrogens with zero attached hydrogens (tertiary/aromatic N) is 3. The number of anilines is 1. The van der Waals surface area contributed by atoms with E-state index in [1.807, 2.05) is 0 Å². The molecule has 0 fully saturated rings. The van der Waals surface area contributed by atoms with Crippen LogP contribution < -0.4 is 11.1 Å². The molecule has 1 aliphatic heterocycles.